The van der Waals surface area contributed by atoms with Gasteiger partial charge in [-0.2, -0.15) is 13.2 Å². The number of hydrogen-bond donors (Lipinski definition) is 0. The molecule has 1 aromatic rings. The van der Waals surface area contributed by atoms with E-state index in [1.807, 2.05) is 0 Å². The molecule has 0 aliphatic carbocycles. The molecular formula is C10H12ClF3N2O. The Bertz CT molecular complexity index is 396. The zero-order chi connectivity index (χ0) is 13.2. The largest absolute Gasteiger partial charge is 0.465 e. The van der Waals surface area contributed by atoms with E-state index in [1.165, 1.54) is 0 Å². The molecular weight excluding hydrogens is 257 g/mol. The summed E-state index contributed by atoms with van der Waals surface area (Å²) < 4.78 is 41.9. The van der Waals surface area contributed by atoms with Crippen molar-refractivity contribution >= 4 is 11.6 Å². The first-order chi connectivity index (χ1) is 7.73. The molecule has 96 valence electrons. The average Bonchev–Trinajstić information content (AvgIpc) is 2.15. The van der Waals surface area contributed by atoms with Crippen LogP contribution in [0.1, 0.15) is 32.3 Å². The average molecular weight is 269 g/mol. The molecule has 1 aromatic heterocycles. The molecule has 0 saturated heterocycles. The predicted octanol–water partition coefficient (Wildman–Crippen LogP) is 3.58. The number of ether oxygens (including phenoxy) is 1. The maximum atomic E-state index is 12.4. The van der Waals surface area contributed by atoms with Gasteiger partial charge in [0.1, 0.15) is 11.5 Å². The van der Waals surface area contributed by atoms with E-state index in [2.05, 4.69) is 9.97 Å². The van der Waals surface area contributed by atoms with Crippen molar-refractivity contribution in [2.24, 2.45) is 0 Å². The first-order valence-corrected chi connectivity index (χ1v) is 5.35. The molecule has 0 radical (unpaired) electrons. The van der Waals surface area contributed by atoms with E-state index in [9.17, 15) is 13.2 Å². The summed E-state index contributed by atoms with van der Waals surface area (Å²) in [5, 5.41) is 0.111. The van der Waals surface area contributed by atoms with Gasteiger partial charge in [0.15, 0.2) is 6.10 Å². The van der Waals surface area contributed by atoms with Gasteiger partial charge in [0.05, 0.1) is 5.56 Å². The molecule has 0 aliphatic heterocycles. The summed E-state index contributed by atoms with van der Waals surface area (Å²) in [7, 11) is 0. The van der Waals surface area contributed by atoms with Gasteiger partial charge in [-0.05, 0) is 12.8 Å². The van der Waals surface area contributed by atoms with Crippen molar-refractivity contribution in [1.82, 2.24) is 9.97 Å². The van der Waals surface area contributed by atoms with Crippen LogP contribution in [-0.4, -0.2) is 22.2 Å². The van der Waals surface area contributed by atoms with E-state index in [0.29, 0.717) is 5.56 Å². The highest BCUT2D eigenvalue weighted by atomic mass is 35.5. The van der Waals surface area contributed by atoms with Crippen LogP contribution in [0.3, 0.4) is 0 Å². The van der Waals surface area contributed by atoms with Crippen molar-refractivity contribution in [1.29, 1.82) is 0 Å². The van der Waals surface area contributed by atoms with Crippen LogP contribution in [0, 0.1) is 0 Å². The number of aromatic nitrogens is 2. The zero-order valence-corrected chi connectivity index (χ0v) is 10.3. The molecule has 0 aromatic carbocycles. The maximum absolute atomic E-state index is 12.4. The van der Waals surface area contributed by atoms with E-state index in [4.69, 9.17) is 16.3 Å². The summed E-state index contributed by atoms with van der Waals surface area (Å²) in [5.74, 6) is -0.246. The summed E-state index contributed by atoms with van der Waals surface area (Å²) in [4.78, 5) is 7.42. The Morgan fingerprint density at radius 3 is 2.29 bits per heavy atom. The van der Waals surface area contributed by atoms with Gasteiger partial charge in [0, 0.05) is 0 Å². The van der Waals surface area contributed by atoms with Crippen LogP contribution in [0.4, 0.5) is 13.2 Å². The minimum absolute atomic E-state index is 0.111. The van der Waals surface area contributed by atoms with E-state index < -0.39 is 12.3 Å². The zero-order valence-electron chi connectivity index (χ0n) is 9.55. The number of alkyl halides is 3. The third-order valence-corrected chi connectivity index (χ3v) is 2.43. The van der Waals surface area contributed by atoms with Gasteiger partial charge in [-0.3, -0.25) is 0 Å². The predicted molar refractivity (Wildman–Crippen MR) is 57.3 cm³/mol. The van der Waals surface area contributed by atoms with Crippen molar-refractivity contribution in [3.8, 4) is 5.88 Å². The van der Waals surface area contributed by atoms with Gasteiger partial charge in [-0.15, -0.1) is 0 Å². The van der Waals surface area contributed by atoms with Crippen molar-refractivity contribution in [3.63, 3.8) is 0 Å². The lowest BCUT2D eigenvalue weighted by atomic mass is 10.1. The number of hydrogen-bond acceptors (Lipinski definition) is 3. The molecule has 0 N–H and O–H groups in total. The normalized spacial score (nSPS) is 13.9. The standard InChI is InChI=1S/C10H12ClF3N2O/c1-5(2)7-8(11)15-4-16-9(7)17-6(3)10(12,13)14/h4-6H,1-3H3. The molecule has 0 fully saturated rings. The Labute approximate surface area is 102 Å². The van der Waals surface area contributed by atoms with Gasteiger partial charge in [-0.25, -0.2) is 9.97 Å². The fourth-order valence-electron chi connectivity index (χ4n) is 1.17. The van der Waals surface area contributed by atoms with E-state index in [0.717, 1.165) is 13.3 Å². The molecule has 0 aliphatic rings. The molecule has 17 heavy (non-hydrogen) atoms. The van der Waals surface area contributed by atoms with Gasteiger partial charge < -0.3 is 4.74 Å². The fraction of sp³-hybridized carbons (Fsp3) is 0.600. The molecule has 1 heterocycles. The highest BCUT2D eigenvalue weighted by molar-refractivity contribution is 6.30. The molecule has 7 heteroatoms. The monoisotopic (exact) mass is 268 g/mol. The Morgan fingerprint density at radius 1 is 1.24 bits per heavy atom. The summed E-state index contributed by atoms with van der Waals surface area (Å²) in [6.07, 6.45) is -5.30. The van der Waals surface area contributed by atoms with Gasteiger partial charge in [0.2, 0.25) is 5.88 Å². The molecule has 1 unspecified atom stereocenters. The molecule has 0 bridgehead atoms. The number of nitrogens with zero attached hydrogens (tertiary/aromatic N) is 2. The quantitative estimate of drug-likeness (QED) is 0.786. The highest BCUT2D eigenvalue weighted by Gasteiger charge is 2.39. The Kier molecular flexibility index (Phi) is 4.19. The van der Waals surface area contributed by atoms with Crippen molar-refractivity contribution in [2.45, 2.75) is 39.0 Å². The number of halogens is 4. The Balaban J connectivity index is 3.03. The van der Waals surface area contributed by atoms with Crippen LogP contribution in [0.25, 0.3) is 0 Å². The Hall–Kier alpha value is -1.04. The minimum Gasteiger partial charge on any atom is -0.465 e. The molecule has 0 amide bonds. The topological polar surface area (TPSA) is 35.0 Å². The lowest BCUT2D eigenvalue weighted by molar-refractivity contribution is -0.190. The molecule has 0 saturated carbocycles. The van der Waals surface area contributed by atoms with E-state index >= 15 is 0 Å². The summed E-state index contributed by atoms with van der Waals surface area (Å²) in [6.45, 7) is 4.46. The first-order valence-electron chi connectivity index (χ1n) is 4.97. The van der Waals surface area contributed by atoms with Crippen molar-refractivity contribution < 1.29 is 17.9 Å². The van der Waals surface area contributed by atoms with Crippen LogP contribution in [-0.2, 0) is 0 Å². The van der Waals surface area contributed by atoms with Crippen LogP contribution >= 0.6 is 11.6 Å². The first kappa shape index (κ1) is 14.0. The summed E-state index contributed by atoms with van der Waals surface area (Å²) in [5.41, 5.74) is 0.380. The molecule has 3 nitrogen and oxygen atoms in total. The molecule has 1 atom stereocenters. The van der Waals surface area contributed by atoms with Crippen LogP contribution < -0.4 is 4.74 Å². The Morgan fingerprint density at radius 2 is 1.82 bits per heavy atom. The summed E-state index contributed by atoms with van der Waals surface area (Å²) >= 11 is 5.81. The van der Waals surface area contributed by atoms with Crippen molar-refractivity contribution in [2.75, 3.05) is 0 Å². The lowest BCUT2D eigenvalue weighted by Gasteiger charge is -2.20. The maximum Gasteiger partial charge on any atom is 0.425 e. The highest BCUT2D eigenvalue weighted by Crippen LogP contribution is 2.32. The number of rotatable bonds is 3. The van der Waals surface area contributed by atoms with Crippen LogP contribution in [0.5, 0.6) is 5.88 Å². The van der Waals surface area contributed by atoms with Gasteiger partial charge >= 0.3 is 6.18 Å². The smallest absolute Gasteiger partial charge is 0.425 e. The lowest BCUT2D eigenvalue weighted by Crippen LogP contribution is -2.31. The van der Waals surface area contributed by atoms with Crippen LogP contribution in [0.15, 0.2) is 6.33 Å². The van der Waals surface area contributed by atoms with Gasteiger partial charge in [0.25, 0.3) is 0 Å². The van der Waals surface area contributed by atoms with E-state index in [-0.39, 0.29) is 17.0 Å². The second-order valence-electron chi connectivity index (χ2n) is 3.84. The molecule has 1 rings (SSSR count). The van der Waals surface area contributed by atoms with E-state index in [1.54, 1.807) is 13.8 Å². The van der Waals surface area contributed by atoms with Crippen molar-refractivity contribution in [3.05, 3.63) is 17.0 Å². The third kappa shape index (κ3) is 3.46. The summed E-state index contributed by atoms with van der Waals surface area (Å²) in [6, 6.07) is 0. The third-order valence-electron chi connectivity index (χ3n) is 2.13. The van der Waals surface area contributed by atoms with Crippen LogP contribution in [0.2, 0.25) is 5.15 Å². The second kappa shape index (κ2) is 5.08. The van der Waals surface area contributed by atoms with Gasteiger partial charge in [-0.1, -0.05) is 25.4 Å². The fourth-order valence-corrected chi connectivity index (χ4v) is 1.52. The minimum atomic E-state index is -4.44. The SMILES string of the molecule is CC(C)c1c(Cl)ncnc1OC(C)C(F)(F)F. The molecule has 0 spiro atoms. The second-order valence-corrected chi connectivity index (χ2v) is 4.20.